The van der Waals surface area contributed by atoms with Crippen molar-refractivity contribution in [3.63, 3.8) is 0 Å². The Bertz CT molecular complexity index is 512. The van der Waals surface area contributed by atoms with E-state index in [0.717, 1.165) is 19.2 Å². The van der Waals surface area contributed by atoms with E-state index in [0.29, 0.717) is 5.02 Å². The van der Waals surface area contributed by atoms with E-state index in [-0.39, 0.29) is 6.04 Å². The van der Waals surface area contributed by atoms with Gasteiger partial charge in [0.15, 0.2) is 0 Å². The van der Waals surface area contributed by atoms with Crippen molar-refractivity contribution in [2.45, 2.75) is 6.04 Å². The van der Waals surface area contributed by atoms with Gasteiger partial charge in [0.2, 0.25) is 0 Å². The second-order valence-electron chi connectivity index (χ2n) is 3.29. The molecular formula is C11H8BrCl2NS. The summed E-state index contributed by atoms with van der Waals surface area (Å²) in [5.41, 5.74) is 7.15. The topological polar surface area (TPSA) is 26.0 Å². The highest BCUT2D eigenvalue weighted by molar-refractivity contribution is 9.10. The first-order valence-electron chi connectivity index (χ1n) is 4.53. The number of halogens is 3. The Hall–Kier alpha value is -0.0600. The first kappa shape index (κ1) is 12.4. The smallest absolute Gasteiger partial charge is 0.0931 e. The second-order valence-corrected chi connectivity index (χ2v) is 6.30. The molecule has 1 atom stereocenters. The summed E-state index contributed by atoms with van der Waals surface area (Å²) in [5.74, 6) is 0. The Labute approximate surface area is 116 Å². The molecule has 0 aliphatic carbocycles. The third kappa shape index (κ3) is 2.60. The van der Waals surface area contributed by atoms with Gasteiger partial charge in [0, 0.05) is 9.35 Å². The van der Waals surface area contributed by atoms with Crippen molar-refractivity contribution in [3.8, 4) is 0 Å². The van der Waals surface area contributed by atoms with Gasteiger partial charge in [-0.15, -0.1) is 11.3 Å². The van der Waals surface area contributed by atoms with E-state index in [4.69, 9.17) is 28.9 Å². The molecular weight excluding hydrogens is 329 g/mol. The van der Waals surface area contributed by atoms with Crippen molar-refractivity contribution < 1.29 is 0 Å². The molecule has 84 valence electrons. The zero-order valence-corrected chi connectivity index (χ0v) is 12.0. The first-order chi connectivity index (χ1) is 7.58. The highest BCUT2D eigenvalue weighted by Gasteiger charge is 2.12. The van der Waals surface area contributed by atoms with Crippen molar-refractivity contribution in [2.75, 3.05) is 0 Å². The Balaban J connectivity index is 2.33. The molecule has 2 rings (SSSR count). The van der Waals surface area contributed by atoms with Gasteiger partial charge in [0.1, 0.15) is 0 Å². The Morgan fingerprint density at radius 2 is 1.94 bits per heavy atom. The third-order valence-electron chi connectivity index (χ3n) is 2.20. The quantitative estimate of drug-likeness (QED) is 0.832. The van der Waals surface area contributed by atoms with Crippen molar-refractivity contribution in [2.24, 2.45) is 5.73 Å². The molecule has 0 aliphatic rings. The van der Waals surface area contributed by atoms with E-state index in [1.54, 1.807) is 0 Å². The summed E-state index contributed by atoms with van der Waals surface area (Å²) < 4.78 is 1.60. The van der Waals surface area contributed by atoms with Crippen LogP contribution in [0, 0.1) is 0 Å². The molecule has 1 nitrogen and oxygen atoms in total. The van der Waals surface area contributed by atoms with Crippen LogP contribution in [0.25, 0.3) is 0 Å². The highest BCUT2D eigenvalue weighted by atomic mass is 79.9. The minimum Gasteiger partial charge on any atom is -0.320 e. The molecule has 5 heteroatoms. The number of nitrogens with two attached hydrogens (primary N) is 1. The van der Waals surface area contributed by atoms with Gasteiger partial charge >= 0.3 is 0 Å². The highest BCUT2D eigenvalue weighted by Crippen LogP contribution is 2.32. The Kier molecular flexibility index (Phi) is 3.93. The molecule has 0 aliphatic heterocycles. The predicted molar refractivity (Wildman–Crippen MR) is 74.5 cm³/mol. The van der Waals surface area contributed by atoms with Crippen LogP contribution >= 0.6 is 50.5 Å². The molecule has 1 aromatic heterocycles. The number of rotatable bonds is 2. The van der Waals surface area contributed by atoms with E-state index < -0.39 is 0 Å². The fraction of sp³-hybridized carbons (Fsp3) is 0.0909. The zero-order chi connectivity index (χ0) is 11.7. The van der Waals surface area contributed by atoms with Crippen LogP contribution in [-0.2, 0) is 0 Å². The predicted octanol–water partition coefficient (Wildman–Crippen LogP) is 4.87. The van der Waals surface area contributed by atoms with Gasteiger partial charge in [-0.3, -0.25) is 0 Å². The standard InChI is InChI=1S/C11H8BrCl2NS/c12-7-5-6(1-2-8(7)13)11(15)9-3-4-10(14)16-9/h1-5,11H,15H2. The van der Waals surface area contributed by atoms with Gasteiger partial charge in [0.25, 0.3) is 0 Å². The second kappa shape index (κ2) is 5.07. The number of benzene rings is 1. The maximum atomic E-state index is 6.14. The Morgan fingerprint density at radius 3 is 2.50 bits per heavy atom. The molecule has 0 bridgehead atoms. The van der Waals surface area contributed by atoms with Crippen molar-refractivity contribution in [1.82, 2.24) is 0 Å². The lowest BCUT2D eigenvalue weighted by atomic mass is 10.1. The molecule has 1 aromatic carbocycles. The average molecular weight is 337 g/mol. The maximum Gasteiger partial charge on any atom is 0.0931 e. The van der Waals surface area contributed by atoms with Gasteiger partial charge in [-0.2, -0.15) is 0 Å². The summed E-state index contributed by atoms with van der Waals surface area (Å²) in [5, 5.41) is 0.681. The first-order valence-corrected chi connectivity index (χ1v) is 6.90. The van der Waals surface area contributed by atoms with Crippen LogP contribution in [-0.4, -0.2) is 0 Å². The van der Waals surface area contributed by atoms with Crippen LogP contribution in [0.5, 0.6) is 0 Å². The average Bonchev–Trinajstić information content (AvgIpc) is 2.68. The zero-order valence-electron chi connectivity index (χ0n) is 8.08. The van der Waals surface area contributed by atoms with Crippen LogP contribution < -0.4 is 5.73 Å². The third-order valence-corrected chi connectivity index (χ3v) is 4.73. The monoisotopic (exact) mass is 335 g/mol. The minimum absolute atomic E-state index is 0.161. The molecule has 0 amide bonds. The SMILES string of the molecule is NC(c1ccc(Cl)c(Br)c1)c1ccc(Cl)s1. The largest absolute Gasteiger partial charge is 0.320 e. The summed E-state index contributed by atoms with van der Waals surface area (Å²) >= 11 is 16.7. The fourth-order valence-corrected chi connectivity index (χ4v) is 2.97. The van der Waals surface area contributed by atoms with E-state index in [1.807, 2.05) is 30.3 Å². The van der Waals surface area contributed by atoms with Gasteiger partial charge in [0.05, 0.1) is 15.4 Å². The molecule has 0 saturated carbocycles. The molecule has 16 heavy (non-hydrogen) atoms. The lowest BCUT2D eigenvalue weighted by Gasteiger charge is -2.10. The van der Waals surface area contributed by atoms with Gasteiger partial charge in [-0.1, -0.05) is 29.3 Å². The van der Waals surface area contributed by atoms with Gasteiger partial charge in [-0.25, -0.2) is 0 Å². The van der Waals surface area contributed by atoms with E-state index in [2.05, 4.69) is 15.9 Å². The van der Waals surface area contributed by atoms with Crippen LogP contribution in [0.15, 0.2) is 34.8 Å². The van der Waals surface area contributed by atoms with Gasteiger partial charge in [-0.05, 0) is 45.8 Å². The minimum atomic E-state index is -0.161. The number of hydrogen-bond donors (Lipinski definition) is 1. The maximum absolute atomic E-state index is 6.14. The molecule has 1 unspecified atom stereocenters. The molecule has 0 radical (unpaired) electrons. The normalized spacial score (nSPS) is 12.8. The van der Waals surface area contributed by atoms with Crippen LogP contribution in [0.3, 0.4) is 0 Å². The lowest BCUT2D eigenvalue weighted by molar-refractivity contribution is 0.892. The molecule has 0 fully saturated rings. The van der Waals surface area contributed by atoms with Crippen molar-refractivity contribution >= 4 is 50.5 Å². The molecule has 2 N–H and O–H groups in total. The van der Waals surface area contributed by atoms with Crippen LogP contribution in [0.1, 0.15) is 16.5 Å². The molecule has 0 spiro atoms. The lowest BCUT2D eigenvalue weighted by Crippen LogP contribution is -2.09. The molecule has 2 aromatic rings. The van der Waals surface area contributed by atoms with Crippen LogP contribution in [0.2, 0.25) is 9.36 Å². The van der Waals surface area contributed by atoms with E-state index in [1.165, 1.54) is 11.3 Å². The van der Waals surface area contributed by atoms with Crippen molar-refractivity contribution in [1.29, 1.82) is 0 Å². The summed E-state index contributed by atoms with van der Waals surface area (Å²) in [6.07, 6.45) is 0. The van der Waals surface area contributed by atoms with Crippen molar-refractivity contribution in [3.05, 3.63) is 54.6 Å². The summed E-state index contributed by atoms with van der Waals surface area (Å²) in [4.78, 5) is 1.04. The summed E-state index contributed by atoms with van der Waals surface area (Å²) in [6.45, 7) is 0. The molecule has 0 saturated heterocycles. The number of hydrogen-bond acceptors (Lipinski definition) is 2. The molecule has 1 heterocycles. The Morgan fingerprint density at radius 1 is 1.19 bits per heavy atom. The number of thiophene rings is 1. The van der Waals surface area contributed by atoms with E-state index >= 15 is 0 Å². The summed E-state index contributed by atoms with van der Waals surface area (Å²) in [6, 6.07) is 9.32. The summed E-state index contributed by atoms with van der Waals surface area (Å²) in [7, 11) is 0. The van der Waals surface area contributed by atoms with Crippen LogP contribution in [0.4, 0.5) is 0 Å². The van der Waals surface area contributed by atoms with Gasteiger partial charge < -0.3 is 5.73 Å². The van der Waals surface area contributed by atoms with E-state index in [9.17, 15) is 0 Å². The fourth-order valence-electron chi connectivity index (χ4n) is 1.37.